The molecule has 1 aromatic heterocycles. The molecule has 0 radical (unpaired) electrons. The highest BCUT2D eigenvalue weighted by atomic mass is 35.5. The van der Waals surface area contributed by atoms with Crippen molar-refractivity contribution in [2.45, 2.75) is 13.3 Å². The van der Waals surface area contributed by atoms with Crippen molar-refractivity contribution < 1.29 is 14.3 Å². The van der Waals surface area contributed by atoms with Gasteiger partial charge in [-0.25, -0.2) is 4.98 Å². The second kappa shape index (κ2) is 11.5. The van der Waals surface area contributed by atoms with Gasteiger partial charge in [-0.05, 0) is 37.1 Å². The summed E-state index contributed by atoms with van der Waals surface area (Å²) in [5.41, 5.74) is 3.52. The number of carbonyl (C=O) groups excluding carboxylic acids is 2. The van der Waals surface area contributed by atoms with Gasteiger partial charge >= 0.3 is 0 Å². The van der Waals surface area contributed by atoms with Gasteiger partial charge in [0.15, 0.2) is 10.9 Å². The Balaban J connectivity index is 1.40. The number of anilines is 1. The predicted octanol–water partition coefficient (Wildman–Crippen LogP) is 5.86. The van der Waals surface area contributed by atoms with Gasteiger partial charge in [0.25, 0.3) is 5.91 Å². The molecular formula is C29H28ClN3O3S. The smallest absolute Gasteiger partial charge is 0.260 e. The molecule has 1 amide bonds. The van der Waals surface area contributed by atoms with Crippen LogP contribution in [0.1, 0.15) is 38.3 Å². The van der Waals surface area contributed by atoms with Crippen molar-refractivity contribution in [1.82, 2.24) is 9.88 Å². The third-order valence-corrected chi connectivity index (χ3v) is 8.09. The number of amides is 1. The van der Waals surface area contributed by atoms with Crippen LogP contribution >= 0.6 is 22.9 Å². The van der Waals surface area contributed by atoms with Crippen LogP contribution in [0, 0.1) is 6.92 Å². The number of hydrogen-bond acceptors (Lipinski definition) is 6. The average Bonchev–Trinajstić information content (AvgIpc) is 3.40. The van der Waals surface area contributed by atoms with Gasteiger partial charge in [-0.15, -0.1) is 0 Å². The monoisotopic (exact) mass is 533 g/mol. The van der Waals surface area contributed by atoms with Gasteiger partial charge in [-0.3, -0.25) is 19.4 Å². The number of hydrogen-bond donors (Lipinski definition) is 0. The Kier molecular flexibility index (Phi) is 7.96. The van der Waals surface area contributed by atoms with Crippen molar-refractivity contribution in [3.8, 4) is 0 Å². The minimum Gasteiger partial charge on any atom is -0.379 e. The van der Waals surface area contributed by atoms with Crippen molar-refractivity contribution >= 4 is 50.0 Å². The lowest BCUT2D eigenvalue weighted by atomic mass is 10.0. The van der Waals surface area contributed by atoms with Crippen LogP contribution < -0.4 is 4.90 Å². The van der Waals surface area contributed by atoms with Crippen molar-refractivity contribution in [3.05, 3.63) is 94.0 Å². The summed E-state index contributed by atoms with van der Waals surface area (Å²) >= 11 is 7.90. The van der Waals surface area contributed by atoms with Gasteiger partial charge in [0, 0.05) is 42.9 Å². The number of morpholine rings is 1. The molecule has 37 heavy (non-hydrogen) atoms. The van der Waals surface area contributed by atoms with Crippen LogP contribution in [0.2, 0.25) is 5.02 Å². The summed E-state index contributed by atoms with van der Waals surface area (Å²) in [4.78, 5) is 35.5. The lowest BCUT2D eigenvalue weighted by Gasteiger charge is -2.27. The molecule has 6 nitrogen and oxygen atoms in total. The standard InChI is InChI=1S/C29H28ClN3O3S/c1-20-8-13-24(30)27-25(20)31-29(37-27)33(15-5-14-32-16-18-36-19-17-32)28(35)23-11-9-22(10-12-23)26(34)21-6-3-2-4-7-21/h2-4,6-13H,5,14-19H2,1H3. The summed E-state index contributed by atoms with van der Waals surface area (Å²) in [6.45, 7) is 6.69. The Labute approximate surface area is 225 Å². The molecular weight excluding hydrogens is 506 g/mol. The van der Waals surface area contributed by atoms with Crippen LogP contribution in [0.25, 0.3) is 10.2 Å². The third-order valence-electron chi connectivity index (χ3n) is 6.55. The van der Waals surface area contributed by atoms with E-state index in [1.807, 2.05) is 37.3 Å². The quantitative estimate of drug-likeness (QED) is 0.265. The van der Waals surface area contributed by atoms with Crippen molar-refractivity contribution in [1.29, 1.82) is 0 Å². The van der Waals surface area contributed by atoms with Gasteiger partial charge in [-0.2, -0.15) is 0 Å². The number of fused-ring (bicyclic) bond motifs is 1. The molecule has 0 saturated carbocycles. The summed E-state index contributed by atoms with van der Waals surface area (Å²) in [5, 5.41) is 1.26. The molecule has 190 valence electrons. The number of nitrogens with zero attached hydrogens (tertiary/aromatic N) is 3. The Morgan fingerprint density at radius 1 is 0.973 bits per heavy atom. The van der Waals surface area contributed by atoms with E-state index in [9.17, 15) is 9.59 Å². The number of ether oxygens (including phenoxy) is 1. The Morgan fingerprint density at radius 3 is 2.35 bits per heavy atom. The number of rotatable bonds is 8. The number of benzene rings is 3. The summed E-state index contributed by atoms with van der Waals surface area (Å²) in [7, 11) is 0. The Morgan fingerprint density at radius 2 is 1.65 bits per heavy atom. The van der Waals surface area contributed by atoms with Crippen molar-refractivity contribution in [3.63, 3.8) is 0 Å². The van der Waals surface area contributed by atoms with E-state index in [4.69, 9.17) is 21.3 Å². The molecule has 1 saturated heterocycles. The second-order valence-electron chi connectivity index (χ2n) is 9.08. The zero-order valence-corrected chi connectivity index (χ0v) is 22.2. The van der Waals surface area contributed by atoms with E-state index in [1.54, 1.807) is 41.3 Å². The van der Waals surface area contributed by atoms with Crippen LogP contribution in [0.4, 0.5) is 5.13 Å². The first-order valence-corrected chi connectivity index (χ1v) is 13.6. The average molecular weight is 534 g/mol. The number of thiazole rings is 1. The molecule has 5 rings (SSSR count). The van der Waals surface area contributed by atoms with Crippen molar-refractivity contribution in [2.24, 2.45) is 0 Å². The molecule has 1 aliphatic rings. The first-order valence-electron chi connectivity index (χ1n) is 12.4. The third kappa shape index (κ3) is 5.75. The fraction of sp³-hybridized carbons (Fsp3) is 0.276. The zero-order chi connectivity index (χ0) is 25.8. The van der Waals surface area contributed by atoms with E-state index < -0.39 is 0 Å². The normalized spacial score (nSPS) is 14.1. The first kappa shape index (κ1) is 25.5. The van der Waals surface area contributed by atoms with Gasteiger partial charge in [0.2, 0.25) is 0 Å². The number of ketones is 1. The van der Waals surface area contributed by atoms with Crippen LogP contribution in [0.3, 0.4) is 0 Å². The van der Waals surface area contributed by atoms with E-state index in [0.717, 1.165) is 55.0 Å². The summed E-state index contributed by atoms with van der Waals surface area (Å²) in [5.74, 6) is -0.216. The highest BCUT2D eigenvalue weighted by Crippen LogP contribution is 2.36. The fourth-order valence-electron chi connectivity index (χ4n) is 4.44. The molecule has 0 unspecified atom stereocenters. The minimum atomic E-state index is -0.145. The zero-order valence-electron chi connectivity index (χ0n) is 20.7. The van der Waals surface area contributed by atoms with Crippen LogP contribution in [0.5, 0.6) is 0 Å². The number of aromatic nitrogens is 1. The maximum absolute atomic E-state index is 13.8. The van der Waals surface area contributed by atoms with E-state index in [-0.39, 0.29) is 11.7 Å². The van der Waals surface area contributed by atoms with E-state index in [0.29, 0.717) is 33.4 Å². The summed E-state index contributed by atoms with van der Waals surface area (Å²) in [6, 6.07) is 19.8. The Bertz CT molecular complexity index is 1360. The lowest BCUT2D eigenvalue weighted by molar-refractivity contribution is 0.0376. The highest BCUT2D eigenvalue weighted by molar-refractivity contribution is 7.23. The SMILES string of the molecule is Cc1ccc(Cl)c2sc(N(CCCN3CCOCC3)C(=O)c3ccc(C(=O)c4ccccc4)cc3)nc12. The maximum atomic E-state index is 13.8. The molecule has 1 fully saturated rings. The van der Waals surface area contributed by atoms with E-state index >= 15 is 0 Å². The predicted molar refractivity (Wildman–Crippen MR) is 149 cm³/mol. The largest absolute Gasteiger partial charge is 0.379 e. The minimum absolute atomic E-state index is 0.0711. The molecule has 0 aliphatic carbocycles. The van der Waals surface area contributed by atoms with Crippen LogP contribution in [-0.4, -0.2) is 61.0 Å². The maximum Gasteiger partial charge on any atom is 0.260 e. The second-order valence-corrected chi connectivity index (χ2v) is 10.5. The molecule has 0 spiro atoms. The van der Waals surface area contributed by atoms with Gasteiger partial charge < -0.3 is 4.74 Å². The molecule has 4 aromatic rings. The molecule has 0 atom stereocenters. The molecule has 8 heteroatoms. The molecule has 0 bridgehead atoms. The van der Waals surface area contributed by atoms with Crippen LogP contribution in [-0.2, 0) is 4.74 Å². The number of halogens is 1. The molecule has 0 N–H and O–H groups in total. The highest BCUT2D eigenvalue weighted by Gasteiger charge is 2.23. The number of carbonyl (C=O) groups is 2. The van der Waals surface area contributed by atoms with E-state index in [1.165, 1.54) is 11.3 Å². The van der Waals surface area contributed by atoms with Crippen molar-refractivity contribution in [2.75, 3.05) is 44.3 Å². The molecule has 3 aromatic carbocycles. The lowest BCUT2D eigenvalue weighted by Crippen LogP contribution is -2.39. The first-order chi connectivity index (χ1) is 18.0. The van der Waals surface area contributed by atoms with Gasteiger partial charge in [-0.1, -0.05) is 71.5 Å². The summed E-state index contributed by atoms with van der Waals surface area (Å²) in [6.07, 6.45) is 0.805. The molecule has 1 aliphatic heterocycles. The number of aryl methyl sites for hydroxylation is 1. The van der Waals surface area contributed by atoms with Gasteiger partial charge in [0.1, 0.15) is 0 Å². The van der Waals surface area contributed by atoms with E-state index in [2.05, 4.69) is 4.90 Å². The van der Waals surface area contributed by atoms with Gasteiger partial charge in [0.05, 0.1) is 28.5 Å². The fourth-order valence-corrected chi connectivity index (χ4v) is 5.78. The Hall–Kier alpha value is -3.10. The van der Waals surface area contributed by atoms with Crippen LogP contribution in [0.15, 0.2) is 66.7 Å². The summed E-state index contributed by atoms with van der Waals surface area (Å²) < 4.78 is 6.33. The topological polar surface area (TPSA) is 62.7 Å². The molecule has 2 heterocycles.